The molecule has 0 fully saturated rings. The molecule has 0 aliphatic carbocycles. The van der Waals surface area contributed by atoms with Gasteiger partial charge >= 0.3 is 0 Å². The van der Waals surface area contributed by atoms with Crippen molar-refractivity contribution in [3.05, 3.63) is 94.5 Å². The first-order chi connectivity index (χ1) is 7.66. The second-order valence-corrected chi connectivity index (χ2v) is 4.33. The molecule has 107 heavy (non-hydrogen) atoms. The first-order valence-electron chi connectivity index (χ1n) is 7.07. The Bertz CT molecular complexity index is 129. The van der Waals surface area contributed by atoms with Gasteiger partial charge in [0.1, 0.15) is 0 Å². The van der Waals surface area contributed by atoms with Crippen LogP contribution in [0.3, 0.4) is 0 Å². The molecule has 0 aromatic heterocycles. The van der Waals surface area contributed by atoms with Crippen LogP contribution in [-0.2, 0) is 2650 Å². The standard InChI is InChI=1S/C5H8.4C3H8.9CH3.81Y/c1-5(2,3)4;4*1-3-2;;;;;;;;;;;;;;;;;;;;;;;;;;;;;;;;;;;;;;;;;;;;;;;;;;;;;;;;;;;;;;;;;;;;;;;;;;;;;;;;;;;;;;;;;;/h1-4H2;4*3H2,1-2H3;9*1H3;;;;;;;;;;;;;;;;;;;;;;;;;;;;;;;;;;;;;;;;;;;;;;;;;;;;;;;;;;;;;;;;;;;;;;;;;;;;;;;;;/q-4;;;;;9*-1;;;;;;;;;;;;;;;;;;;;;;;;;;;;;;;;;;;;;;;;;;;;;;;;;;;;;;;;;;;;;;;;;;;;;;;;;;;;;;;;;. The second kappa shape index (κ2) is 747. The summed E-state index contributed by atoms with van der Waals surface area (Å²) in [7, 11) is 0. The van der Waals surface area contributed by atoms with E-state index in [1.807, 2.05) is 0 Å². The minimum atomic E-state index is -0.500. The van der Waals surface area contributed by atoms with Gasteiger partial charge in [0.25, 0.3) is 0 Å². The Morgan fingerprint density at radius 1 is 0.0935 bits per heavy atom. The predicted molar refractivity (Wildman–Crippen MR) is 145 cm³/mol. The summed E-state index contributed by atoms with van der Waals surface area (Å²) in [5.74, 6) is 0. The molecule has 0 N–H and O–H groups in total. The first-order valence-corrected chi connectivity index (χ1v) is 7.07. The molecule has 0 saturated heterocycles. The van der Waals surface area contributed by atoms with Crippen molar-refractivity contribution >= 4 is 0 Å². The van der Waals surface area contributed by atoms with Gasteiger partial charge in [0.05, 0.1) is 0 Å². The molecule has 81 radical (unpaired) electrons. The summed E-state index contributed by atoms with van der Waals surface area (Å²) >= 11 is 0. The number of hydrogen-bond acceptors (Lipinski definition) is 0. The van der Waals surface area contributed by atoms with Crippen LogP contribution in [0.2, 0.25) is 0 Å². The van der Waals surface area contributed by atoms with E-state index in [1.165, 1.54) is 25.7 Å². The van der Waals surface area contributed by atoms with Crippen LogP contribution in [0.5, 0.6) is 0 Å². The fourth-order valence-electron chi connectivity index (χ4n) is 0. The topological polar surface area (TPSA) is 0 Å². The van der Waals surface area contributed by atoms with Crippen molar-refractivity contribution < 1.29 is 2650 Å². The van der Waals surface area contributed by atoms with Gasteiger partial charge in [-0.1, -0.05) is 81.1 Å². The van der Waals surface area contributed by atoms with E-state index < -0.39 is 5.41 Å². The van der Waals surface area contributed by atoms with Gasteiger partial charge in [-0.15, -0.1) is 0 Å². The smallest absolute Gasteiger partial charge is 0 e. The van der Waals surface area contributed by atoms with Crippen LogP contribution in [-0.4, -0.2) is 0 Å². The third-order valence-corrected chi connectivity index (χ3v) is 0. The normalized spacial score (nSPS) is 1.23. The van der Waals surface area contributed by atoms with Crippen LogP contribution in [0.25, 0.3) is 0 Å². The molecule has 0 atom stereocenters. The van der Waals surface area contributed by atoms with Crippen molar-refractivity contribution in [3.8, 4) is 0 Å². The van der Waals surface area contributed by atoms with E-state index in [0.717, 1.165) is 0 Å². The monoisotopic (exact) mass is 7580 g/mol. The van der Waals surface area contributed by atoms with Crippen molar-refractivity contribution in [1.82, 2.24) is 0 Å². The molecule has 0 nitrogen and oxygen atoms in total. The number of hydrogen-bond donors (Lipinski definition) is 0. The van der Waals surface area contributed by atoms with Gasteiger partial charge in [-0.25, -0.2) is 0 Å². The Morgan fingerprint density at radius 2 is 0.0935 bits per heavy atom. The van der Waals surface area contributed by atoms with E-state index >= 15 is 0 Å². The molecule has 0 rings (SSSR count). The van der Waals surface area contributed by atoms with Gasteiger partial charge in [-0.3, -0.25) is 0 Å². The third kappa shape index (κ3) is 914. The van der Waals surface area contributed by atoms with Crippen molar-refractivity contribution in [3.63, 3.8) is 0 Å². The fourth-order valence-corrected chi connectivity index (χ4v) is 0. The summed E-state index contributed by atoms with van der Waals surface area (Å²) in [5, 5.41) is 0. The zero-order valence-electron chi connectivity index (χ0n) is 69.9. The maximum absolute atomic E-state index is 3.44. The zero-order chi connectivity index (χ0) is 15.3. The van der Waals surface area contributed by atoms with E-state index in [1.54, 1.807) is 0 Å². The quantitative estimate of drug-likeness (QED) is 0.212. The van der Waals surface area contributed by atoms with E-state index in [2.05, 4.69) is 83.1 Å². The summed E-state index contributed by atoms with van der Waals surface area (Å²) in [6, 6.07) is 0. The zero-order valence-corrected chi connectivity index (χ0v) is 300. The van der Waals surface area contributed by atoms with E-state index in [0.29, 0.717) is 0 Å². The Labute approximate surface area is 2720 Å². The summed E-state index contributed by atoms with van der Waals surface area (Å²) in [6.45, 7) is 30.8. The van der Waals surface area contributed by atoms with Crippen LogP contribution in [0.4, 0.5) is 0 Å². The van der Waals surface area contributed by atoms with Crippen molar-refractivity contribution in [2.24, 2.45) is 5.41 Å². The van der Waals surface area contributed by atoms with Crippen LogP contribution in [0.15, 0.2) is 0 Å². The van der Waals surface area contributed by atoms with Crippen molar-refractivity contribution in [2.45, 2.75) is 81.1 Å². The molecule has 0 saturated carbocycles. The minimum Gasteiger partial charge on any atom is -0.584 e. The van der Waals surface area contributed by atoms with Gasteiger partial charge < -0.3 is 99.9 Å². The van der Waals surface area contributed by atoms with Gasteiger partial charge in [0.2, 0.25) is 0 Å². The average Bonchev–Trinajstić information content (AvgIpc) is 2.04. The first kappa shape index (κ1) is 729. The molecule has 0 aromatic rings. The molecule has 0 amide bonds. The minimum absolute atomic E-state index is 0. The van der Waals surface area contributed by atoms with E-state index in [9.17, 15) is 0 Å². The van der Waals surface area contributed by atoms with E-state index in [-0.39, 0.29) is 2720 Å². The Morgan fingerprint density at radius 3 is 0.0935 bits per heavy atom. The Balaban J connectivity index is -0.000000000150. The molecule has 0 aromatic carbocycles. The number of rotatable bonds is 0. The largest absolute Gasteiger partial charge is 0.584 e. The van der Waals surface area contributed by atoms with Gasteiger partial charge in [0.15, 0.2) is 0 Å². The summed E-state index contributed by atoms with van der Waals surface area (Å²) < 4.78 is 0. The molecule has 0 aliphatic heterocycles. The second-order valence-electron chi connectivity index (χ2n) is 4.33. The van der Waals surface area contributed by atoms with Crippen LogP contribution >= 0.6 is 0 Å². The van der Waals surface area contributed by atoms with Crippen molar-refractivity contribution in [2.75, 3.05) is 0 Å². The average molecular weight is 7580 g/mol. The molecule has 427 valence electrons. The van der Waals surface area contributed by atoms with Crippen LogP contribution in [0, 0.1) is 99.9 Å². The van der Waals surface area contributed by atoms with Gasteiger partial charge in [-0.05, 0) is 0 Å². The molecule has 0 heterocycles. The molecule has 0 spiro atoms. The predicted octanol–water partition coefficient (Wildman–Crippen LogP) is 10.8. The maximum atomic E-state index is 3.44. The Hall–Kier alpha value is 89.4. The fraction of sp³-hybridized carbons (Fsp3) is 0.500. The van der Waals surface area contributed by atoms with Crippen LogP contribution in [0.1, 0.15) is 81.1 Å². The maximum Gasteiger partial charge on any atom is 0 e. The molecule has 0 aliphatic rings. The molecular formula is C26H67Y81-13. The van der Waals surface area contributed by atoms with Gasteiger partial charge in [0, 0.05) is 2650 Å². The molecular weight excluding hydrogens is 7510 g/mol. The molecule has 0 bridgehead atoms. The van der Waals surface area contributed by atoms with Crippen molar-refractivity contribution in [1.29, 1.82) is 0 Å². The summed E-state index contributed by atoms with van der Waals surface area (Å²) in [5.41, 5.74) is -0.500. The van der Waals surface area contributed by atoms with Crippen LogP contribution < -0.4 is 0 Å². The summed E-state index contributed by atoms with van der Waals surface area (Å²) in [6.07, 6.45) is 5.00. The van der Waals surface area contributed by atoms with Gasteiger partial charge in [-0.2, -0.15) is 0 Å². The summed E-state index contributed by atoms with van der Waals surface area (Å²) in [4.78, 5) is 0. The Kier molecular flexibility index (Phi) is 5090. The molecule has 81 heteroatoms. The molecule has 0 unspecified atom stereocenters. The third-order valence-electron chi connectivity index (χ3n) is 0. The van der Waals surface area contributed by atoms with E-state index in [4.69, 9.17) is 0 Å². The SMILES string of the molecule is CCC.CCC.CCC.CCC.[CH2-]C([CH2-])([CH2-])[CH2-].[CH3-].[CH3-].[CH3-].[CH3-].[CH3-].[CH3-].[CH3-].[CH3-].[CH3-].[Y].[Y].[Y].[Y].[Y].[Y].[Y].[Y].[Y].[Y].[Y].[Y].[Y].[Y].[Y].[Y].[Y].[Y].[Y].[Y].[Y].[Y].[Y].[Y].[Y].[Y].[Y].[Y].[Y].[Y].[Y].[Y].[Y].[Y].[Y].[Y].[Y].[Y].[Y].[Y].[Y].[Y].[Y].[Y].[Y].[Y].[Y].[Y].[Y].[Y].[Y].[Y].[Y].[Y].[Y].[Y].[Y].[Y].[Y].[Y].[Y].[Y].[Y].[Y].[Y].[Y].[Y].[Y].[Y].[Y].[Y].[Y].[Y].[Y].[Y].[Y].[Y].[Y].[Y].[Y].[Y].